The number of halogens is 1. The second kappa shape index (κ2) is 4.86. The molecule has 1 aromatic carbocycles. The summed E-state index contributed by atoms with van der Waals surface area (Å²) in [7, 11) is -3.43. The lowest BCUT2D eigenvalue weighted by Gasteiger charge is -2.06. The first-order valence-electron chi connectivity index (χ1n) is 5.32. The first kappa shape index (κ1) is 13.9. The number of sulfone groups is 1. The van der Waals surface area contributed by atoms with Crippen LogP contribution >= 0.6 is 15.9 Å². The van der Waals surface area contributed by atoms with E-state index in [1.807, 2.05) is 0 Å². The standard InChI is InChI=1S/C11H9BrN2O4S/c1-2-19(17,18)10-6-7-5-8(14(15)16)3-4-9(7)13-11(10)12/h3-6H,2H2,1H3. The Labute approximate surface area is 117 Å². The normalized spacial score (nSPS) is 11.7. The summed E-state index contributed by atoms with van der Waals surface area (Å²) >= 11 is 3.12. The van der Waals surface area contributed by atoms with Crippen molar-refractivity contribution >= 4 is 42.4 Å². The Morgan fingerprint density at radius 1 is 1.37 bits per heavy atom. The fourth-order valence-electron chi connectivity index (χ4n) is 1.61. The van der Waals surface area contributed by atoms with Gasteiger partial charge in [0.1, 0.15) is 9.50 Å². The van der Waals surface area contributed by atoms with E-state index >= 15 is 0 Å². The summed E-state index contributed by atoms with van der Waals surface area (Å²) in [5.74, 6) is -0.0618. The molecule has 1 aromatic heterocycles. The van der Waals surface area contributed by atoms with Crippen LogP contribution in [-0.2, 0) is 9.84 Å². The maximum absolute atomic E-state index is 11.9. The van der Waals surface area contributed by atoms with E-state index in [1.54, 1.807) is 0 Å². The number of aromatic nitrogens is 1. The van der Waals surface area contributed by atoms with Crippen molar-refractivity contribution in [2.45, 2.75) is 11.8 Å². The molecule has 0 bridgehead atoms. The topological polar surface area (TPSA) is 90.2 Å². The predicted molar refractivity (Wildman–Crippen MR) is 73.8 cm³/mol. The van der Waals surface area contributed by atoms with Gasteiger partial charge in [-0.1, -0.05) is 6.92 Å². The summed E-state index contributed by atoms with van der Waals surface area (Å²) in [4.78, 5) is 14.3. The number of pyridine rings is 1. The average molecular weight is 345 g/mol. The first-order valence-corrected chi connectivity index (χ1v) is 7.77. The summed E-state index contributed by atoms with van der Waals surface area (Å²) in [6.45, 7) is 1.53. The largest absolute Gasteiger partial charge is 0.270 e. The minimum atomic E-state index is -3.43. The third kappa shape index (κ3) is 2.59. The minimum Gasteiger partial charge on any atom is -0.258 e. The molecule has 0 N–H and O–H groups in total. The van der Waals surface area contributed by atoms with Crippen LogP contribution in [0.5, 0.6) is 0 Å². The molecule has 0 saturated carbocycles. The monoisotopic (exact) mass is 344 g/mol. The SMILES string of the molecule is CCS(=O)(=O)c1cc2cc([N+](=O)[O-])ccc2nc1Br. The van der Waals surface area contributed by atoms with Crippen molar-refractivity contribution in [2.24, 2.45) is 0 Å². The van der Waals surface area contributed by atoms with Crippen molar-refractivity contribution in [3.8, 4) is 0 Å². The van der Waals surface area contributed by atoms with Crippen LogP contribution in [0.25, 0.3) is 10.9 Å². The highest BCUT2D eigenvalue weighted by Crippen LogP contribution is 2.27. The Kier molecular flexibility index (Phi) is 3.55. The molecular formula is C11H9BrN2O4S. The van der Waals surface area contributed by atoms with Crippen LogP contribution in [0.15, 0.2) is 33.8 Å². The van der Waals surface area contributed by atoms with Gasteiger partial charge in [0.15, 0.2) is 9.84 Å². The number of non-ortho nitro benzene ring substituents is 1. The number of hydrogen-bond donors (Lipinski definition) is 0. The van der Waals surface area contributed by atoms with Gasteiger partial charge >= 0.3 is 0 Å². The lowest BCUT2D eigenvalue weighted by atomic mass is 10.2. The average Bonchev–Trinajstić information content (AvgIpc) is 2.37. The van der Waals surface area contributed by atoms with Gasteiger partial charge in [0.25, 0.3) is 5.69 Å². The van der Waals surface area contributed by atoms with Crippen molar-refractivity contribution in [3.63, 3.8) is 0 Å². The molecule has 0 fully saturated rings. The number of nitro benzene ring substituents is 1. The van der Waals surface area contributed by atoms with Gasteiger partial charge in [0.2, 0.25) is 0 Å². The van der Waals surface area contributed by atoms with Gasteiger partial charge in [-0.25, -0.2) is 13.4 Å². The summed E-state index contributed by atoms with van der Waals surface area (Å²) in [6.07, 6.45) is 0. The molecule has 2 rings (SSSR count). The molecule has 19 heavy (non-hydrogen) atoms. The fraction of sp³-hybridized carbons (Fsp3) is 0.182. The van der Waals surface area contributed by atoms with Gasteiger partial charge in [0.05, 0.1) is 16.2 Å². The third-order valence-electron chi connectivity index (χ3n) is 2.65. The van der Waals surface area contributed by atoms with Crippen molar-refractivity contribution in [2.75, 3.05) is 5.75 Å². The summed E-state index contributed by atoms with van der Waals surface area (Å²) < 4.78 is 24.0. The molecule has 100 valence electrons. The molecule has 0 aliphatic heterocycles. The predicted octanol–water partition coefficient (Wildman–Crippen LogP) is 2.70. The van der Waals surface area contributed by atoms with Crippen LogP contribution in [0, 0.1) is 10.1 Å². The number of nitrogens with zero attached hydrogens (tertiary/aromatic N) is 2. The van der Waals surface area contributed by atoms with Gasteiger partial charge in [-0.3, -0.25) is 10.1 Å². The van der Waals surface area contributed by atoms with Crippen molar-refractivity contribution in [1.82, 2.24) is 4.98 Å². The Balaban J connectivity index is 2.76. The Morgan fingerprint density at radius 2 is 2.05 bits per heavy atom. The second-order valence-corrected chi connectivity index (χ2v) is 6.81. The molecule has 0 aliphatic carbocycles. The Hall–Kier alpha value is -1.54. The highest BCUT2D eigenvalue weighted by molar-refractivity contribution is 9.10. The van der Waals surface area contributed by atoms with E-state index in [4.69, 9.17) is 0 Å². The van der Waals surface area contributed by atoms with Crippen LogP contribution in [-0.4, -0.2) is 24.1 Å². The van der Waals surface area contributed by atoms with Crippen molar-refractivity contribution in [1.29, 1.82) is 0 Å². The van der Waals surface area contributed by atoms with E-state index in [-0.39, 0.29) is 20.9 Å². The van der Waals surface area contributed by atoms with Gasteiger partial charge in [-0.15, -0.1) is 0 Å². The van der Waals surface area contributed by atoms with Gasteiger partial charge in [-0.2, -0.15) is 0 Å². The molecule has 0 aliphatic rings. The van der Waals surface area contributed by atoms with Gasteiger partial charge in [0, 0.05) is 17.5 Å². The summed E-state index contributed by atoms with van der Waals surface area (Å²) in [5, 5.41) is 11.1. The molecule has 8 heteroatoms. The zero-order valence-electron chi connectivity index (χ0n) is 9.83. The lowest BCUT2D eigenvalue weighted by Crippen LogP contribution is -2.05. The van der Waals surface area contributed by atoms with E-state index in [2.05, 4.69) is 20.9 Å². The Bertz CT molecular complexity index is 774. The number of nitro groups is 1. The number of benzene rings is 1. The van der Waals surface area contributed by atoms with E-state index in [0.29, 0.717) is 10.9 Å². The maximum Gasteiger partial charge on any atom is 0.270 e. The third-order valence-corrected chi connectivity index (χ3v) is 5.25. The lowest BCUT2D eigenvalue weighted by molar-refractivity contribution is -0.384. The zero-order chi connectivity index (χ0) is 14.2. The van der Waals surface area contributed by atoms with Crippen LogP contribution in [0.2, 0.25) is 0 Å². The molecule has 2 aromatic rings. The van der Waals surface area contributed by atoms with Crippen LogP contribution in [0.3, 0.4) is 0 Å². The molecular weight excluding hydrogens is 336 g/mol. The maximum atomic E-state index is 11.9. The molecule has 0 spiro atoms. The van der Waals surface area contributed by atoms with Crippen LogP contribution in [0.1, 0.15) is 6.92 Å². The van der Waals surface area contributed by atoms with E-state index < -0.39 is 14.8 Å². The molecule has 6 nitrogen and oxygen atoms in total. The Morgan fingerprint density at radius 3 is 2.63 bits per heavy atom. The molecule has 1 heterocycles. The number of rotatable bonds is 3. The van der Waals surface area contributed by atoms with E-state index in [0.717, 1.165) is 0 Å². The zero-order valence-corrected chi connectivity index (χ0v) is 12.2. The van der Waals surface area contributed by atoms with Crippen molar-refractivity contribution < 1.29 is 13.3 Å². The molecule has 0 amide bonds. The summed E-state index contributed by atoms with van der Waals surface area (Å²) in [6, 6.07) is 5.53. The first-order chi connectivity index (χ1) is 8.85. The van der Waals surface area contributed by atoms with E-state index in [1.165, 1.54) is 31.2 Å². The van der Waals surface area contributed by atoms with Crippen LogP contribution in [0.4, 0.5) is 5.69 Å². The molecule has 0 radical (unpaired) electrons. The smallest absolute Gasteiger partial charge is 0.258 e. The van der Waals surface area contributed by atoms with Gasteiger partial charge < -0.3 is 0 Å². The van der Waals surface area contributed by atoms with Crippen molar-refractivity contribution in [3.05, 3.63) is 39.0 Å². The fourth-order valence-corrected chi connectivity index (χ4v) is 3.57. The number of fused-ring (bicyclic) bond motifs is 1. The quantitative estimate of drug-likeness (QED) is 0.485. The van der Waals surface area contributed by atoms with Crippen LogP contribution < -0.4 is 0 Å². The van der Waals surface area contributed by atoms with Gasteiger partial charge in [-0.05, 0) is 28.1 Å². The molecule has 0 unspecified atom stereocenters. The van der Waals surface area contributed by atoms with E-state index in [9.17, 15) is 18.5 Å². The molecule has 0 saturated heterocycles. The minimum absolute atomic E-state index is 0.0444. The highest BCUT2D eigenvalue weighted by atomic mass is 79.9. The molecule has 0 atom stereocenters. The second-order valence-electron chi connectivity index (χ2n) is 3.81. The highest BCUT2D eigenvalue weighted by Gasteiger charge is 2.18. The number of hydrogen-bond acceptors (Lipinski definition) is 5. The summed E-state index contributed by atoms with van der Waals surface area (Å²) in [5.41, 5.74) is 0.393.